The Morgan fingerprint density at radius 3 is 2.09 bits per heavy atom. The molecule has 0 saturated heterocycles. The number of halogens is 2. The summed E-state index contributed by atoms with van der Waals surface area (Å²) in [4.78, 5) is 41.8. The van der Waals surface area contributed by atoms with Crippen molar-refractivity contribution in [3.05, 3.63) is 107 Å². The first-order valence-corrected chi connectivity index (χ1v) is 10.1. The van der Waals surface area contributed by atoms with Gasteiger partial charge in [-0.1, -0.05) is 48.5 Å². The summed E-state index contributed by atoms with van der Waals surface area (Å²) in [5.74, 6) is -3.09. The van der Waals surface area contributed by atoms with E-state index in [2.05, 4.69) is 0 Å². The third-order valence-corrected chi connectivity index (χ3v) is 5.49. The second-order valence-corrected chi connectivity index (χ2v) is 7.66. The van der Waals surface area contributed by atoms with Crippen LogP contribution >= 0.6 is 0 Å². The maximum absolute atomic E-state index is 14.1. The average molecular weight is 434 g/mol. The maximum atomic E-state index is 14.1. The summed E-state index contributed by atoms with van der Waals surface area (Å²) in [5.41, 5.74) is 1.39. The first kappa shape index (κ1) is 21.4. The lowest BCUT2D eigenvalue weighted by atomic mass is 10.0. The number of hydrogen-bond acceptors (Lipinski definition) is 3. The van der Waals surface area contributed by atoms with E-state index >= 15 is 0 Å². The Labute approximate surface area is 183 Å². The third-order valence-electron chi connectivity index (χ3n) is 5.49. The molecule has 1 aliphatic rings. The topological polar surface area (TPSA) is 57.7 Å². The van der Waals surface area contributed by atoms with Gasteiger partial charge in [0.1, 0.15) is 17.7 Å². The van der Waals surface area contributed by atoms with E-state index in [-0.39, 0.29) is 29.7 Å². The van der Waals surface area contributed by atoms with E-state index in [0.29, 0.717) is 0 Å². The van der Waals surface area contributed by atoms with Crippen molar-refractivity contribution in [2.45, 2.75) is 19.0 Å². The van der Waals surface area contributed by atoms with Crippen LogP contribution in [0.25, 0.3) is 0 Å². The Kier molecular flexibility index (Phi) is 5.81. The summed E-state index contributed by atoms with van der Waals surface area (Å²) in [6.45, 7) is -0.139. The van der Waals surface area contributed by atoms with Gasteiger partial charge in [-0.05, 0) is 23.8 Å². The lowest BCUT2D eigenvalue weighted by Crippen LogP contribution is -2.51. The van der Waals surface area contributed by atoms with E-state index in [1.54, 1.807) is 48.5 Å². The molecule has 0 fully saturated rings. The van der Waals surface area contributed by atoms with Gasteiger partial charge >= 0.3 is 0 Å². The molecule has 1 aliphatic heterocycles. The molecule has 0 N–H and O–H groups in total. The van der Waals surface area contributed by atoms with Crippen molar-refractivity contribution in [2.24, 2.45) is 0 Å². The van der Waals surface area contributed by atoms with E-state index in [0.717, 1.165) is 22.6 Å². The number of likely N-dealkylation sites (N-methyl/N-ethyl adjacent to an activating group) is 1. The highest BCUT2D eigenvalue weighted by molar-refractivity contribution is 6.22. The van der Waals surface area contributed by atoms with E-state index in [1.807, 2.05) is 6.07 Å². The largest absolute Gasteiger partial charge is 0.340 e. The summed E-state index contributed by atoms with van der Waals surface area (Å²) in [6.07, 6.45) is 0.112. The molecule has 0 spiro atoms. The molecule has 0 aromatic heterocycles. The zero-order valence-corrected chi connectivity index (χ0v) is 17.3. The number of amides is 3. The Morgan fingerprint density at radius 2 is 1.50 bits per heavy atom. The first-order valence-electron chi connectivity index (χ1n) is 10.1. The molecule has 0 aliphatic carbocycles. The number of carbonyl (C=O) groups is 3. The molecule has 32 heavy (non-hydrogen) atoms. The molecule has 5 nitrogen and oxygen atoms in total. The zero-order valence-electron chi connectivity index (χ0n) is 17.3. The van der Waals surface area contributed by atoms with Gasteiger partial charge in [-0.15, -0.1) is 0 Å². The van der Waals surface area contributed by atoms with Gasteiger partial charge in [0.2, 0.25) is 5.91 Å². The van der Waals surface area contributed by atoms with Crippen LogP contribution < -0.4 is 0 Å². The van der Waals surface area contributed by atoms with Crippen molar-refractivity contribution >= 4 is 17.7 Å². The number of hydrogen-bond donors (Lipinski definition) is 0. The second-order valence-electron chi connectivity index (χ2n) is 7.66. The highest BCUT2D eigenvalue weighted by Crippen LogP contribution is 2.27. The van der Waals surface area contributed by atoms with Crippen molar-refractivity contribution in [1.29, 1.82) is 0 Å². The van der Waals surface area contributed by atoms with E-state index < -0.39 is 35.4 Å². The Balaban J connectivity index is 1.66. The molecule has 4 rings (SSSR count). The van der Waals surface area contributed by atoms with Crippen molar-refractivity contribution in [3.63, 3.8) is 0 Å². The molecule has 0 bridgehead atoms. The molecule has 3 amide bonds. The summed E-state index contributed by atoms with van der Waals surface area (Å²) in [6, 6.07) is 17.5. The maximum Gasteiger partial charge on any atom is 0.262 e. The summed E-state index contributed by atoms with van der Waals surface area (Å²) >= 11 is 0. The van der Waals surface area contributed by atoms with Crippen LogP contribution in [-0.4, -0.2) is 40.6 Å². The number of fused-ring (bicyclic) bond motifs is 1. The van der Waals surface area contributed by atoms with Gasteiger partial charge in [-0.2, -0.15) is 0 Å². The summed E-state index contributed by atoms with van der Waals surface area (Å²) in [5, 5.41) is 0. The fraction of sp³-hybridized carbons (Fsp3) is 0.160. The average Bonchev–Trinajstić information content (AvgIpc) is 3.04. The standard InChI is InChI=1S/C25H20F2N2O3/c1-28(15-17-11-12-18(26)14-21(17)27)25(32)22(13-16-7-3-2-4-8-16)29-23(30)19-9-5-6-10-20(19)24(29)31/h2-12,14,22H,13,15H2,1H3. The van der Waals surface area contributed by atoms with Crippen LogP contribution in [0.5, 0.6) is 0 Å². The van der Waals surface area contributed by atoms with Crippen molar-refractivity contribution in [1.82, 2.24) is 9.80 Å². The van der Waals surface area contributed by atoms with E-state index in [4.69, 9.17) is 0 Å². The molecule has 1 atom stereocenters. The predicted molar refractivity (Wildman–Crippen MR) is 114 cm³/mol. The second kappa shape index (κ2) is 8.70. The Hall–Kier alpha value is -3.87. The SMILES string of the molecule is CN(Cc1ccc(F)cc1F)C(=O)C(Cc1ccccc1)N1C(=O)c2ccccc2C1=O. The molecule has 3 aromatic carbocycles. The highest BCUT2D eigenvalue weighted by atomic mass is 19.1. The zero-order chi connectivity index (χ0) is 22.8. The van der Waals surface area contributed by atoms with Gasteiger partial charge in [-0.25, -0.2) is 8.78 Å². The van der Waals surface area contributed by atoms with Gasteiger partial charge in [0.05, 0.1) is 11.1 Å². The lowest BCUT2D eigenvalue weighted by Gasteiger charge is -2.29. The smallest absolute Gasteiger partial charge is 0.262 e. The molecule has 162 valence electrons. The van der Waals surface area contributed by atoms with Crippen LogP contribution in [0.1, 0.15) is 31.8 Å². The number of benzene rings is 3. The quantitative estimate of drug-likeness (QED) is 0.554. The van der Waals surface area contributed by atoms with Gasteiger partial charge < -0.3 is 4.90 Å². The summed E-state index contributed by atoms with van der Waals surface area (Å²) < 4.78 is 27.4. The molecule has 1 unspecified atom stereocenters. The van der Waals surface area contributed by atoms with Crippen molar-refractivity contribution < 1.29 is 23.2 Å². The molecular weight excluding hydrogens is 414 g/mol. The van der Waals surface area contributed by atoms with Crippen LogP contribution in [0.4, 0.5) is 8.78 Å². The fourth-order valence-electron chi connectivity index (χ4n) is 3.86. The van der Waals surface area contributed by atoms with E-state index in [1.165, 1.54) is 18.0 Å². The van der Waals surface area contributed by atoms with Crippen molar-refractivity contribution in [2.75, 3.05) is 7.05 Å². The van der Waals surface area contributed by atoms with Gasteiger partial charge in [-0.3, -0.25) is 19.3 Å². The molecule has 0 saturated carbocycles. The molecule has 1 heterocycles. The number of nitrogens with zero attached hydrogens (tertiary/aromatic N) is 2. The fourth-order valence-corrected chi connectivity index (χ4v) is 3.86. The molecule has 0 radical (unpaired) electrons. The minimum atomic E-state index is -1.11. The Morgan fingerprint density at radius 1 is 0.906 bits per heavy atom. The summed E-state index contributed by atoms with van der Waals surface area (Å²) in [7, 11) is 1.46. The van der Waals surface area contributed by atoms with Crippen molar-refractivity contribution in [3.8, 4) is 0 Å². The van der Waals surface area contributed by atoms with Gasteiger partial charge in [0.15, 0.2) is 0 Å². The molecular formula is C25H20F2N2O3. The van der Waals surface area contributed by atoms with Crippen LogP contribution in [0.15, 0.2) is 72.8 Å². The lowest BCUT2D eigenvalue weighted by molar-refractivity contribution is -0.134. The normalized spacial score (nSPS) is 13.8. The monoisotopic (exact) mass is 434 g/mol. The predicted octanol–water partition coefficient (Wildman–Crippen LogP) is 3.83. The van der Waals surface area contributed by atoms with Crippen LogP contribution in [0.2, 0.25) is 0 Å². The van der Waals surface area contributed by atoms with Gasteiger partial charge in [0.25, 0.3) is 11.8 Å². The van der Waals surface area contributed by atoms with Crippen LogP contribution in [-0.2, 0) is 17.8 Å². The highest BCUT2D eigenvalue weighted by Gasteiger charge is 2.43. The van der Waals surface area contributed by atoms with Crippen LogP contribution in [0, 0.1) is 11.6 Å². The first-order chi connectivity index (χ1) is 15.4. The minimum Gasteiger partial charge on any atom is -0.340 e. The number of rotatable bonds is 6. The third kappa shape index (κ3) is 4.01. The Bertz CT molecular complexity index is 1160. The number of imide groups is 1. The van der Waals surface area contributed by atoms with E-state index in [9.17, 15) is 23.2 Å². The molecule has 7 heteroatoms. The van der Waals surface area contributed by atoms with Crippen LogP contribution in [0.3, 0.4) is 0 Å². The number of carbonyl (C=O) groups excluding carboxylic acids is 3. The minimum absolute atomic E-state index is 0.112. The van der Waals surface area contributed by atoms with Gasteiger partial charge in [0, 0.05) is 31.6 Å². The molecule has 3 aromatic rings.